The van der Waals surface area contributed by atoms with Gasteiger partial charge in [-0.3, -0.25) is 0 Å². The molecule has 0 N–H and O–H groups in total. The molecule has 0 heteroatoms. The molecule has 0 spiro atoms. The number of hydrogen-bond donors (Lipinski definition) is 0. The molecule has 0 heterocycles. The largest absolute Gasteiger partial charge is 0.0767 e. The minimum absolute atomic E-state index is 0.462. The van der Waals surface area contributed by atoms with Crippen molar-refractivity contribution in [3.05, 3.63) is 83.4 Å². The van der Waals surface area contributed by atoms with Gasteiger partial charge in [0.15, 0.2) is 0 Å². The molecule has 0 fully saturated rings. The van der Waals surface area contributed by atoms with E-state index < -0.39 is 0 Å². The van der Waals surface area contributed by atoms with Gasteiger partial charge in [0.25, 0.3) is 0 Å². The number of hydrogen-bond acceptors (Lipinski definition) is 0. The molecule has 0 saturated heterocycles. The van der Waals surface area contributed by atoms with Crippen LogP contribution in [-0.4, -0.2) is 0 Å². The Labute approximate surface area is 115 Å². The van der Waals surface area contributed by atoms with Crippen LogP contribution in [0.3, 0.4) is 0 Å². The molecule has 3 rings (SSSR count). The van der Waals surface area contributed by atoms with E-state index in [1.807, 2.05) is 0 Å². The summed E-state index contributed by atoms with van der Waals surface area (Å²) in [6.07, 6.45) is 7.95. The minimum Gasteiger partial charge on any atom is -0.0767 e. The fourth-order valence-electron chi connectivity index (χ4n) is 2.66. The van der Waals surface area contributed by atoms with Gasteiger partial charge >= 0.3 is 0 Å². The van der Waals surface area contributed by atoms with Gasteiger partial charge in [-0.15, -0.1) is 0 Å². The van der Waals surface area contributed by atoms with Gasteiger partial charge in [-0.1, -0.05) is 79.7 Å². The van der Waals surface area contributed by atoms with Gasteiger partial charge in [-0.05, 0) is 34.6 Å². The average Bonchev–Trinajstić information content (AvgIpc) is 2.90. The normalized spacial score (nSPS) is 15.3. The van der Waals surface area contributed by atoms with Gasteiger partial charge in [-0.25, -0.2) is 0 Å². The van der Waals surface area contributed by atoms with Crippen molar-refractivity contribution in [2.24, 2.45) is 5.92 Å². The highest BCUT2D eigenvalue weighted by Gasteiger charge is 2.16. The molecular weight excluding hydrogens is 228 g/mol. The second-order valence-electron chi connectivity index (χ2n) is 5.08. The Balaban J connectivity index is 1.79. The molecule has 94 valence electrons. The molecule has 19 heavy (non-hydrogen) atoms. The van der Waals surface area contributed by atoms with E-state index in [1.54, 1.807) is 0 Å². The summed E-state index contributed by atoms with van der Waals surface area (Å²) in [7, 11) is 0. The van der Waals surface area contributed by atoms with Crippen LogP contribution in [0.1, 0.15) is 23.6 Å². The van der Waals surface area contributed by atoms with Crippen LogP contribution in [0.25, 0.3) is 11.6 Å². The van der Waals surface area contributed by atoms with E-state index in [0.29, 0.717) is 5.92 Å². The van der Waals surface area contributed by atoms with E-state index in [9.17, 15) is 0 Å². The molecule has 1 atom stereocenters. The zero-order valence-electron chi connectivity index (χ0n) is 11.2. The standard InChI is InChI=1S/C19H18/c1-15(11-12-16-7-3-2-4-8-16)18-14-13-17-9-5-6-10-19(17)18/h2-12,14-15H,13H2,1H3/b12-11+. The summed E-state index contributed by atoms with van der Waals surface area (Å²) in [4.78, 5) is 0. The maximum atomic E-state index is 2.37. The Morgan fingerprint density at radius 1 is 0.947 bits per heavy atom. The highest BCUT2D eigenvalue weighted by molar-refractivity contribution is 5.76. The van der Waals surface area contributed by atoms with Gasteiger partial charge < -0.3 is 0 Å². The van der Waals surface area contributed by atoms with Crippen molar-refractivity contribution in [2.75, 3.05) is 0 Å². The molecule has 1 aliphatic rings. The highest BCUT2D eigenvalue weighted by Crippen LogP contribution is 2.33. The third-order valence-corrected chi connectivity index (χ3v) is 3.74. The molecular formula is C19H18. The second-order valence-corrected chi connectivity index (χ2v) is 5.08. The van der Waals surface area contributed by atoms with Crippen molar-refractivity contribution < 1.29 is 0 Å². The minimum atomic E-state index is 0.462. The SMILES string of the molecule is CC(/C=C/c1ccccc1)C1=CCc2ccccc21. The maximum absolute atomic E-state index is 2.37. The van der Waals surface area contributed by atoms with Gasteiger partial charge in [0.05, 0.1) is 0 Å². The first-order valence-corrected chi connectivity index (χ1v) is 6.86. The molecule has 0 aromatic heterocycles. The molecule has 2 aromatic rings. The Hall–Kier alpha value is -2.08. The molecule has 1 unspecified atom stereocenters. The fourth-order valence-corrected chi connectivity index (χ4v) is 2.66. The number of rotatable bonds is 3. The van der Waals surface area contributed by atoms with Crippen molar-refractivity contribution in [2.45, 2.75) is 13.3 Å². The summed E-state index contributed by atoms with van der Waals surface area (Å²) < 4.78 is 0. The van der Waals surface area contributed by atoms with Crippen molar-refractivity contribution >= 4 is 11.6 Å². The summed E-state index contributed by atoms with van der Waals surface area (Å²) in [6.45, 7) is 2.27. The molecule has 2 aromatic carbocycles. The lowest BCUT2D eigenvalue weighted by atomic mass is 9.94. The smallest absolute Gasteiger partial charge is 0.000412 e. The van der Waals surface area contributed by atoms with E-state index in [0.717, 1.165) is 6.42 Å². The van der Waals surface area contributed by atoms with Gasteiger partial charge in [0.1, 0.15) is 0 Å². The van der Waals surface area contributed by atoms with E-state index in [4.69, 9.17) is 0 Å². The Bertz CT molecular complexity index is 617. The maximum Gasteiger partial charge on any atom is -0.000412 e. The lowest BCUT2D eigenvalue weighted by Crippen LogP contribution is -1.93. The molecule has 0 amide bonds. The van der Waals surface area contributed by atoms with Crippen LogP contribution in [0.5, 0.6) is 0 Å². The molecule has 1 aliphatic carbocycles. The average molecular weight is 246 g/mol. The fraction of sp³-hybridized carbons (Fsp3) is 0.158. The second kappa shape index (κ2) is 5.27. The van der Waals surface area contributed by atoms with Crippen LogP contribution >= 0.6 is 0 Å². The van der Waals surface area contributed by atoms with Crippen LogP contribution in [0.4, 0.5) is 0 Å². The highest BCUT2D eigenvalue weighted by atomic mass is 14.2. The first-order chi connectivity index (χ1) is 9.34. The van der Waals surface area contributed by atoms with E-state index in [1.165, 1.54) is 22.3 Å². The first-order valence-electron chi connectivity index (χ1n) is 6.86. The molecule has 0 bridgehead atoms. The Kier molecular flexibility index (Phi) is 3.33. The monoisotopic (exact) mass is 246 g/mol. The van der Waals surface area contributed by atoms with Crippen LogP contribution in [-0.2, 0) is 6.42 Å². The van der Waals surface area contributed by atoms with Gasteiger partial charge in [0, 0.05) is 0 Å². The molecule has 0 saturated carbocycles. The summed E-state index contributed by atoms with van der Waals surface area (Å²) >= 11 is 0. The Morgan fingerprint density at radius 3 is 2.53 bits per heavy atom. The van der Waals surface area contributed by atoms with Crippen LogP contribution in [0.2, 0.25) is 0 Å². The number of allylic oxidation sites excluding steroid dienone is 3. The lowest BCUT2D eigenvalue weighted by Gasteiger charge is -2.10. The number of fused-ring (bicyclic) bond motifs is 1. The topological polar surface area (TPSA) is 0 Å². The van der Waals surface area contributed by atoms with Crippen molar-refractivity contribution in [1.82, 2.24) is 0 Å². The third-order valence-electron chi connectivity index (χ3n) is 3.74. The third kappa shape index (κ3) is 2.53. The van der Waals surface area contributed by atoms with Crippen LogP contribution in [0.15, 0.2) is 66.7 Å². The van der Waals surface area contributed by atoms with E-state index in [-0.39, 0.29) is 0 Å². The van der Waals surface area contributed by atoms with Crippen LogP contribution in [0, 0.1) is 5.92 Å². The van der Waals surface area contributed by atoms with Crippen LogP contribution < -0.4 is 0 Å². The van der Waals surface area contributed by atoms with Crippen molar-refractivity contribution in [3.63, 3.8) is 0 Å². The molecule has 0 radical (unpaired) electrons. The molecule has 0 aliphatic heterocycles. The predicted molar refractivity (Wildman–Crippen MR) is 82.8 cm³/mol. The van der Waals surface area contributed by atoms with E-state index in [2.05, 4.69) is 79.7 Å². The molecule has 0 nitrogen and oxygen atoms in total. The Morgan fingerprint density at radius 2 is 1.68 bits per heavy atom. The van der Waals surface area contributed by atoms with E-state index >= 15 is 0 Å². The quantitative estimate of drug-likeness (QED) is 0.716. The zero-order valence-corrected chi connectivity index (χ0v) is 11.2. The summed E-state index contributed by atoms with van der Waals surface area (Å²) in [5.74, 6) is 0.462. The summed E-state index contributed by atoms with van der Waals surface area (Å²) in [5.41, 5.74) is 5.61. The first kappa shape index (κ1) is 12.0. The predicted octanol–water partition coefficient (Wildman–Crippen LogP) is 4.98. The summed E-state index contributed by atoms with van der Waals surface area (Å²) in [5, 5.41) is 0. The van der Waals surface area contributed by atoms with Gasteiger partial charge in [-0.2, -0.15) is 0 Å². The lowest BCUT2D eigenvalue weighted by molar-refractivity contribution is 0.973. The number of benzene rings is 2. The summed E-state index contributed by atoms with van der Waals surface area (Å²) in [6, 6.07) is 19.2. The van der Waals surface area contributed by atoms with Crippen molar-refractivity contribution in [1.29, 1.82) is 0 Å². The van der Waals surface area contributed by atoms with Gasteiger partial charge in [0.2, 0.25) is 0 Å². The van der Waals surface area contributed by atoms with Crippen molar-refractivity contribution in [3.8, 4) is 0 Å². The zero-order chi connectivity index (χ0) is 13.1.